The first-order chi connectivity index (χ1) is 10.9. The molecular formula is C18H22N2O3. The summed E-state index contributed by atoms with van der Waals surface area (Å²) in [6.07, 6.45) is 2.48. The van der Waals surface area contributed by atoms with Crippen LogP contribution in [0.1, 0.15) is 47.9 Å². The molecule has 122 valence electrons. The van der Waals surface area contributed by atoms with E-state index < -0.39 is 0 Å². The molecule has 3 rings (SSSR count). The number of aryl methyl sites for hydroxylation is 1. The number of amides is 1. The molecule has 0 spiro atoms. The van der Waals surface area contributed by atoms with Crippen molar-refractivity contribution in [3.8, 4) is 11.5 Å². The Kier molecular flexibility index (Phi) is 3.80. The highest BCUT2D eigenvalue weighted by molar-refractivity contribution is 5.95. The van der Waals surface area contributed by atoms with Gasteiger partial charge in [0.2, 0.25) is 0 Å². The number of ether oxygens (including phenoxy) is 2. The fourth-order valence-corrected chi connectivity index (χ4v) is 3.02. The largest absolute Gasteiger partial charge is 0.497 e. The lowest BCUT2D eigenvalue weighted by atomic mass is 9.89. The predicted molar refractivity (Wildman–Crippen MR) is 88.1 cm³/mol. The minimum atomic E-state index is -0.357. The lowest BCUT2D eigenvalue weighted by Crippen LogP contribution is -2.41. The Labute approximate surface area is 136 Å². The van der Waals surface area contributed by atoms with E-state index in [9.17, 15) is 4.79 Å². The van der Waals surface area contributed by atoms with E-state index in [1.165, 1.54) is 0 Å². The molecule has 2 N–H and O–H groups in total. The van der Waals surface area contributed by atoms with E-state index in [1.807, 2.05) is 39.0 Å². The van der Waals surface area contributed by atoms with Gasteiger partial charge in [0.15, 0.2) is 0 Å². The second kappa shape index (κ2) is 5.65. The number of carbonyl (C=O) groups excluding carboxylic acids is 1. The number of hydrogen-bond acceptors (Lipinski definition) is 3. The molecule has 0 aliphatic carbocycles. The Morgan fingerprint density at radius 3 is 2.83 bits per heavy atom. The number of fused-ring (bicyclic) bond motifs is 1. The maximum Gasteiger partial charge on any atom is 0.253 e. The van der Waals surface area contributed by atoms with Crippen molar-refractivity contribution < 1.29 is 14.3 Å². The number of rotatable bonds is 3. The molecule has 1 aliphatic rings. The maximum atomic E-state index is 12.5. The van der Waals surface area contributed by atoms with E-state index in [-0.39, 0.29) is 17.6 Å². The van der Waals surface area contributed by atoms with Gasteiger partial charge in [0.25, 0.3) is 5.91 Å². The standard InChI is InChI=1S/C18H22N2O3/c1-11-13(7-8-19-11)17(21)20-15-10-18(2,3)23-16-9-12(22-4)5-6-14(15)16/h5-9,15,19H,10H2,1-4H3,(H,20,21)/t15-/m1/s1. The van der Waals surface area contributed by atoms with Gasteiger partial charge in [0, 0.05) is 29.9 Å². The Morgan fingerprint density at radius 2 is 2.17 bits per heavy atom. The third kappa shape index (κ3) is 3.04. The third-order valence-electron chi connectivity index (χ3n) is 4.18. The van der Waals surface area contributed by atoms with E-state index in [0.717, 1.165) is 22.8 Å². The van der Waals surface area contributed by atoms with Crippen molar-refractivity contribution in [3.63, 3.8) is 0 Å². The van der Waals surface area contributed by atoms with Crippen LogP contribution in [0.15, 0.2) is 30.5 Å². The van der Waals surface area contributed by atoms with E-state index in [2.05, 4.69) is 10.3 Å². The van der Waals surface area contributed by atoms with Crippen molar-refractivity contribution in [2.45, 2.75) is 38.8 Å². The van der Waals surface area contributed by atoms with Crippen molar-refractivity contribution in [3.05, 3.63) is 47.3 Å². The SMILES string of the molecule is COc1ccc2c(c1)OC(C)(C)C[C@H]2NC(=O)c1cc[nH]c1C. The first-order valence-corrected chi connectivity index (χ1v) is 7.71. The van der Waals surface area contributed by atoms with Gasteiger partial charge >= 0.3 is 0 Å². The van der Waals surface area contributed by atoms with Crippen LogP contribution in [0.4, 0.5) is 0 Å². The summed E-state index contributed by atoms with van der Waals surface area (Å²) in [5.74, 6) is 1.43. The molecule has 1 aromatic heterocycles. The zero-order valence-electron chi connectivity index (χ0n) is 13.9. The number of H-pyrrole nitrogens is 1. The molecule has 0 radical (unpaired) electrons. The summed E-state index contributed by atoms with van der Waals surface area (Å²) in [6, 6.07) is 7.42. The second-order valence-electron chi connectivity index (χ2n) is 6.51. The first-order valence-electron chi connectivity index (χ1n) is 7.71. The second-order valence-corrected chi connectivity index (χ2v) is 6.51. The van der Waals surface area contributed by atoms with E-state index >= 15 is 0 Å². The van der Waals surface area contributed by atoms with Crippen molar-refractivity contribution in [1.29, 1.82) is 0 Å². The van der Waals surface area contributed by atoms with Crippen molar-refractivity contribution in [2.24, 2.45) is 0 Å². The van der Waals surface area contributed by atoms with Gasteiger partial charge < -0.3 is 19.8 Å². The van der Waals surface area contributed by atoms with Gasteiger partial charge in [0.05, 0.1) is 18.7 Å². The van der Waals surface area contributed by atoms with Crippen LogP contribution in [0.2, 0.25) is 0 Å². The number of aromatic amines is 1. The van der Waals surface area contributed by atoms with Crippen LogP contribution in [0.3, 0.4) is 0 Å². The van der Waals surface area contributed by atoms with Crippen LogP contribution in [0.5, 0.6) is 11.5 Å². The van der Waals surface area contributed by atoms with Gasteiger partial charge in [-0.1, -0.05) is 0 Å². The molecule has 23 heavy (non-hydrogen) atoms. The number of methoxy groups -OCH3 is 1. The van der Waals surface area contributed by atoms with Crippen molar-refractivity contribution in [2.75, 3.05) is 7.11 Å². The van der Waals surface area contributed by atoms with Crippen molar-refractivity contribution >= 4 is 5.91 Å². The molecule has 0 saturated carbocycles. The molecule has 0 fully saturated rings. The van der Waals surface area contributed by atoms with Crippen LogP contribution in [-0.4, -0.2) is 23.6 Å². The zero-order valence-corrected chi connectivity index (χ0v) is 13.9. The zero-order chi connectivity index (χ0) is 16.6. The Morgan fingerprint density at radius 1 is 1.39 bits per heavy atom. The summed E-state index contributed by atoms with van der Waals surface area (Å²) < 4.78 is 11.3. The summed E-state index contributed by atoms with van der Waals surface area (Å²) in [5, 5.41) is 3.13. The number of hydrogen-bond donors (Lipinski definition) is 2. The number of benzene rings is 1. The summed E-state index contributed by atoms with van der Waals surface area (Å²) in [4.78, 5) is 15.6. The highest BCUT2D eigenvalue weighted by Crippen LogP contribution is 2.41. The smallest absolute Gasteiger partial charge is 0.253 e. The maximum absolute atomic E-state index is 12.5. The topological polar surface area (TPSA) is 63.4 Å². The van der Waals surface area contributed by atoms with Crippen LogP contribution < -0.4 is 14.8 Å². The molecule has 5 heteroatoms. The summed E-state index contributed by atoms with van der Waals surface area (Å²) in [7, 11) is 1.63. The average molecular weight is 314 g/mol. The van der Waals surface area contributed by atoms with Gasteiger partial charge in [-0.3, -0.25) is 4.79 Å². The number of carbonyl (C=O) groups is 1. The molecule has 2 heterocycles. The minimum Gasteiger partial charge on any atom is -0.497 e. The summed E-state index contributed by atoms with van der Waals surface area (Å²) in [6.45, 7) is 5.94. The molecule has 1 atom stereocenters. The molecule has 1 amide bonds. The monoisotopic (exact) mass is 314 g/mol. The Balaban J connectivity index is 1.91. The fraction of sp³-hybridized carbons (Fsp3) is 0.389. The van der Waals surface area contributed by atoms with E-state index in [1.54, 1.807) is 19.4 Å². The first kappa shape index (κ1) is 15.5. The van der Waals surface area contributed by atoms with Crippen LogP contribution in [0, 0.1) is 6.92 Å². The van der Waals surface area contributed by atoms with Crippen LogP contribution in [0.25, 0.3) is 0 Å². The molecule has 0 unspecified atom stereocenters. The predicted octanol–water partition coefficient (Wildman–Crippen LogP) is 3.36. The summed E-state index contributed by atoms with van der Waals surface area (Å²) >= 11 is 0. The normalized spacial score (nSPS) is 18.7. The van der Waals surface area contributed by atoms with Gasteiger partial charge in [-0.15, -0.1) is 0 Å². The molecule has 0 saturated heterocycles. The van der Waals surface area contributed by atoms with Crippen LogP contribution in [-0.2, 0) is 0 Å². The van der Waals surface area contributed by atoms with Gasteiger partial charge in [-0.25, -0.2) is 0 Å². The Hall–Kier alpha value is -2.43. The van der Waals surface area contributed by atoms with Gasteiger partial charge in [-0.2, -0.15) is 0 Å². The third-order valence-corrected chi connectivity index (χ3v) is 4.18. The molecule has 1 aliphatic heterocycles. The quantitative estimate of drug-likeness (QED) is 0.913. The molecule has 1 aromatic carbocycles. The fourth-order valence-electron chi connectivity index (χ4n) is 3.02. The molecular weight excluding hydrogens is 292 g/mol. The molecule has 5 nitrogen and oxygen atoms in total. The molecule has 0 bridgehead atoms. The minimum absolute atomic E-state index is 0.0757. The highest BCUT2D eigenvalue weighted by atomic mass is 16.5. The summed E-state index contributed by atoms with van der Waals surface area (Å²) in [5.41, 5.74) is 2.16. The lowest BCUT2D eigenvalue weighted by Gasteiger charge is -2.38. The van der Waals surface area contributed by atoms with Crippen molar-refractivity contribution in [1.82, 2.24) is 10.3 Å². The highest BCUT2D eigenvalue weighted by Gasteiger charge is 2.35. The van der Waals surface area contributed by atoms with Gasteiger partial charge in [-0.05, 0) is 39.0 Å². The van der Waals surface area contributed by atoms with Gasteiger partial charge in [0.1, 0.15) is 17.1 Å². The average Bonchev–Trinajstić information content (AvgIpc) is 2.91. The van der Waals surface area contributed by atoms with E-state index in [4.69, 9.17) is 9.47 Å². The lowest BCUT2D eigenvalue weighted by molar-refractivity contribution is 0.0617. The van der Waals surface area contributed by atoms with E-state index in [0.29, 0.717) is 12.0 Å². The molecule has 2 aromatic rings. The van der Waals surface area contributed by atoms with Crippen LogP contribution >= 0.6 is 0 Å². The number of aromatic nitrogens is 1. The Bertz CT molecular complexity index is 734. The number of nitrogens with one attached hydrogen (secondary N) is 2.